The summed E-state index contributed by atoms with van der Waals surface area (Å²) in [6.45, 7) is 0. The summed E-state index contributed by atoms with van der Waals surface area (Å²) in [5, 5.41) is 5.21. The van der Waals surface area contributed by atoms with E-state index in [0.717, 1.165) is 0 Å². The molecule has 2 aliphatic rings. The molecule has 0 atom stereocenters. The molecule has 10 rings (SSSR count). The highest BCUT2D eigenvalue weighted by Crippen LogP contribution is 2.58. The van der Waals surface area contributed by atoms with Gasteiger partial charge in [0.25, 0.3) is 0 Å². The summed E-state index contributed by atoms with van der Waals surface area (Å²) in [5.74, 6) is 0. The minimum Gasteiger partial charge on any atom is -0.0888 e. The van der Waals surface area contributed by atoms with E-state index >= 15 is 0 Å². The van der Waals surface area contributed by atoms with Gasteiger partial charge in [-0.05, 0) is 102 Å². The zero-order chi connectivity index (χ0) is 30.2. The molecule has 0 N–H and O–H groups in total. The third-order valence-electron chi connectivity index (χ3n) is 10.1. The van der Waals surface area contributed by atoms with Gasteiger partial charge < -0.3 is 0 Å². The summed E-state index contributed by atoms with van der Waals surface area (Å²) in [5.41, 5.74) is 12.6. The second-order valence-electron chi connectivity index (χ2n) is 12.4. The Morgan fingerprint density at radius 3 is 1.78 bits per heavy atom. The molecule has 8 aromatic rings. The van der Waals surface area contributed by atoms with E-state index in [-0.39, 0.29) is 0 Å². The predicted molar refractivity (Wildman–Crippen MR) is 194 cm³/mol. The molecule has 214 valence electrons. The van der Waals surface area contributed by atoms with E-state index in [1.54, 1.807) is 0 Å². The van der Waals surface area contributed by atoms with E-state index in [2.05, 4.69) is 170 Å². The first-order valence-corrected chi connectivity index (χ1v) is 16.7. The molecule has 1 heteroatoms. The Bertz CT molecular complexity index is 2450. The van der Waals surface area contributed by atoms with Crippen molar-refractivity contribution < 1.29 is 0 Å². The Morgan fingerprint density at radius 1 is 0.370 bits per heavy atom. The highest BCUT2D eigenvalue weighted by molar-refractivity contribution is 7.99. The third kappa shape index (κ3) is 3.52. The van der Waals surface area contributed by atoms with Gasteiger partial charge >= 0.3 is 0 Å². The third-order valence-corrected chi connectivity index (χ3v) is 11.3. The molecule has 0 spiro atoms. The van der Waals surface area contributed by atoms with Gasteiger partial charge in [-0.2, -0.15) is 0 Å². The van der Waals surface area contributed by atoms with Crippen LogP contribution >= 0.6 is 11.8 Å². The average molecular weight is 601 g/mol. The van der Waals surface area contributed by atoms with Crippen LogP contribution in [0.5, 0.6) is 0 Å². The summed E-state index contributed by atoms with van der Waals surface area (Å²) >= 11 is 1.89. The first-order chi connectivity index (χ1) is 22.8. The lowest BCUT2D eigenvalue weighted by atomic mass is 9.67. The predicted octanol–water partition coefficient (Wildman–Crippen LogP) is 12.2. The molecule has 0 nitrogen and oxygen atoms in total. The summed E-state index contributed by atoms with van der Waals surface area (Å²) in [6.07, 6.45) is 0. The van der Waals surface area contributed by atoms with Crippen LogP contribution in [0.15, 0.2) is 180 Å². The van der Waals surface area contributed by atoms with Crippen LogP contribution in [0.3, 0.4) is 0 Å². The lowest BCUT2D eigenvalue weighted by molar-refractivity contribution is 0.770. The number of benzene rings is 8. The molecule has 1 heterocycles. The van der Waals surface area contributed by atoms with Gasteiger partial charge in [-0.25, -0.2) is 0 Å². The van der Waals surface area contributed by atoms with E-state index < -0.39 is 5.41 Å². The van der Waals surface area contributed by atoms with Crippen molar-refractivity contribution in [1.29, 1.82) is 0 Å². The number of hydrogen-bond acceptors (Lipinski definition) is 1. The molecule has 1 aliphatic carbocycles. The van der Waals surface area contributed by atoms with E-state index in [1.165, 1.54) is 87.0 Å². The molecule has 0 radical (unpaired) electrons. The number of hydrogen-bond donors (Lipinski definition) is 0. The molecule has 46 heavy (non-hydrogen) atoms. The first-order valence-electron chi connectivity index (χ1n) is 15.9. The minimum atomic E-state index is -0.450. The lowest BCUT2D eigenvalue weighted by Crippen LogP contribution is -2.28. The van der Waals surface area contributed by atoms with Crippen molar-refractivity contribution in [1.82, 2.24) is 0 Å². The van der Waals surface area contributed by atoms with Gasteiger partial charge in [-0.15, -0.1) is 0 Å². The van der Waals surface area contributed by atoms with Crippen LogP contribution in [0.2, 0.25) is 0 Å². The van der Waals surface area contributed by atoms with E-state index in [0.29, 0.717) is 0 Å². The largest absolute Gasteiger partial charge is 0.0888 e. The Balaban J connectivity index is 1.29. The van der Waals surface area contributed by atoms with Gasteiger partial charge in [0.15, 0.2) is 0 Å². The standard InChI is InChI=1S/C45H28S/c1-3-14-32(15-4-1)45(33-16-5-2-6-17-33)40-28-31(22-23-35(40)39-26-29-12-7-8-13-30(29)27-41(39)45)34-24-25-43-44-37(34)19-11-20-38(44)36-18-9-10-21-42(36)46-43/h1-28H. The van der Waals surface area contributed by atoms with Gasteiger partial charge in [0, 0.05) is 15.2 Å². The van der Waals surface area contributed by atoms with Crippen molar-refractivity contribution in [3.05, 3.63) is 192 Å². The molecule has 0 saturated heterocycles. The van der Waals surface area contributed by atoms with Crippen molar-refractivity contribution in [2.24, 2.45) is 0 Å². The van der Waals surface area contributed by atoms with E-state index in [1.807, 2.05) is 11.8 Å². The van der Waals surface area contributed by atoms with Crippen molar-refractivity contribution in [2.75, 3.05) is 0 Å². The van der Waals surface area contributed by atoms with Gasteiger partial charge in [-0.1, -0.05) is 151 Å². The van der Waals surface area contributed by atoms with Crippen LogP contribution in [0.1, 0.15) is 22.3 Å². The SMILES string of the molecule is c1ccc(C2(c3ccccc3)c3cc(-c4ccc5c6c(cccc46)-c4ccccc4S5)ccc3-c3cc4ccccc4cc32)cc1. The van der Waals surface area contributed by atoms with Crippen LogP contribution in [0, 0.1) is 0 Å². The molecule has 0 saturated carbocycles. The first kappa shape index (κ1) is 25.9. The molecular weight excluding hydrogens is 573 g/mol. The maximum atomic E-state index is 2.49. The van der Waals surface area contributed by atoms with Crippen molar-refractivity contribution in [2.45, 2.75) is 15.2 Å². The second-order valence-corrected chi connectivity index (χ2v) is 13.5. The van der Waals surface area contributed by atoms with Crippen molar-refractivity contribution in [3.63, 3.8) is 0 Å². The average Bonchev–Trinajstić information content (AvgIpc) is 3.41. The maximum absolute atomic E-state index is 2.49. The smallest absolute Gasteiger partial charge is 0.0714 e. The zero-order valence-electron chi connectivity index (χ0n) is 25.1. The normalized spacial score (nSPS) is 13.7. The van der Waals surface area contributed by atoms with Crippen molar-refractivity contribution in [3.8, 4) is 33.4 Å². The van der Waals surface area contributed by atoms with Gasteiger partial charge in [-0.3, -0.25) is 0 Å². The lowest BCUT2D eigenvalue weighted by Gasteiger charge is -2.34. The highest BCUT2D eigenvalue weighted by atomic mass is 32.2. The Kier molecular flexibility index (Phi) is 5.53. The van der Waals surface area contributed by atoms with Crippen LogP contribution in [-0.2, 0) is 5.41 Å². The van der Waals surface area contributed by atoms with Crippen LogP contribution in [-0.4, -0.2) is 0 Å². The summed E-state index contributed by atoms with van der Waals surface area (Å²) in [4.78, 5) is 2.66. The number of rotatable bonds is 3. The molecule has 0 aromatic heterocycles. The van der Waals surface area contributed by atoms with Gasteiger partial charge in [0.05, 0.1) is 5.41 Å². The van der Waals surface area contributed by atoms with Gasteiger partial charge in [0.1, 0.15) is 0 Å². The number of fused-ring (bicyclic) bond motifs is 6. The monoisotopic (exact) mass is 600 g/mol. The molecule has 0 amide bonds. The topological polar surface area (TPSA) is 0 Å². The molecule has 8 aromatic carbocycles. The maximum Gasteiger partial charge on any atom is 0.0714 e. The van der Waals surface area contributed by atoms with Gasteiger partial charge in [0.2, 0.25) is 0 Å². The molecule has 1 aliphatic heterocycles. The zero-order valence-corrected chi connectivity index (χ0v) is 25.9. The minimum absolute atomic E-state index is 0.450. The second kappa shape index (κ2) is 9.81. The van der Waals surface area contributed by atoms with Crippen molar-refractivity contribution >= 4 is 33.3 Å². The fourth-order valence-corrected chi connectivity index (χ4v) is 9.30. The van der Waals surface area contributed by atoms with Crippen LogP contribution in [0.25, 0.3) is 54.9 Å². The van der Waals surface area contributed by atoms with E-state index in [4.69, 9.17) is 0 Å². The quantitative estimate of drug-likeness (QED) is 0.194. The van der Waals surface area contributed by atoms with E-state index in [9.17, 15) is 0 Å². The van der Waals surface area contributed by atoms with Crippen LogP contribution in [0.4, 0.5) is 0 Å². The summed E-state index contributed by atoms with van der Waals surface area (Å²) in [6, 6.07) is 63.4. The Morgan fingerprint density at radius 2 is 1.00 bits per heavy atom. The highest BCUT2D eigenvalue weighted by Gasteiger charge is 2.46. The fourth-order valence-electron chi connectivity index (χ4n) is 8.17. The summed E-state index contributed by atoms with van der Waals surface area (Å²) in [7, 11) is 0. The van der Waals surface area contributed by atoms with Crippen LogP contribution < -0.4 is 0 Å². The summed E-state index contributed by atoms with van der Waals surface area (Å²) < 4.78 is 0. The fraction of sp³-hybridized carbons (Fsp3) is 0.0222. The Labute approximate surface area is 273 Å². The molecular formula is C45H28S. The molecule has 0 fully saturated rings. The molecule has 0 unspecified atom stereocenters. The molecule has 0 bridgehead atoms. The Hall–Kier alpha value is -5.37.